The highest BCUT2D eigenvalue weighted by Gasteiger charge is 2.46. The number of carbonyl (C=O) groups is 1. The molecule has 3 aromatic rings. The molecule has 1 heterocycles. The Morgan fingerprint density at radius 3 is 2.38 bits per heavy atom. The van der Waals surface area contributed by atoms with Crippen molar-refractivity contribution in [3.8, 4) is 6.07 Å². The van der Waals surface area contributed by atoms with Gasteiger partial charge in [0, 0.05) is 30.2 Å². The van der Waals surface area contributed by atoms with Crippen LogP contribution in [0.4, 0.5) is 18.9 Å². The molecular weight excluding hydrogens is 551 g/mol. The molecule has 0 saturated carbocycles. The maximum Gasteiger partial charge on any atom is 0.417 e. The van der Waals surface area contributed by atoms with Gasteiger partial charge in [0.15, 0.2) is 0 Å². The standard InChI is InChI=1S/C28H25ClF3N3O3S/c29-22-7-4-8-24(15-22)39(38)35-13-11-21(12-14-35)27(37,17-19-5-2-1-3-6-19)26(36)34-23-10-9-20(18-33)25(16-23)28(30,31)32/h1-10,15-16,21,37H,11-14,17H2,(H,34,36). The fourth-order valence-corrected chi connectivity index (χ4v) is 6.25. The highest BCUT2D eigenvalue weighted by Crippen LogP contribution is 2.36. The summed E-state index contributed by atoms with van der Waals surface area (Å²) in [4.78, 5) is 14.1. The number of anilines is 1. The van der Waals surface area contributed by atoms with Crippen molar-refractivity contribution in [2.24, 2.45) is 5.92 Å². The van der Waals surface area contributed by atoms with Crippen LogP contribution in [0.3, 0.4) is 0 Å². The average Bonchev–Trinajstić information content (AvgIpc) is 2.92. The third-order valence-electron chi connectivity index (χ3n) is 6.77. The van der Waals surface area contributed by atoms with Crippen LogP contribution in [0.15, 0.2) is 77.7 Å². The topological polar surface area (TPSA) is 93.4 Å². The zero-order valence-electron chi connectivity index (χ0n) is 20.6. The van der Waals surface area contributed by atoms with Crippen molar-refractivity contribution in [2.45, 2.75) is 35.9 Å². The van der Waals surface area contributed by atoms with Crippen LogP contribution in [-0.4, -0.2) is 38.2 Å². The Morgan fingerprint density at radius 1 is 1.08 bits per heavy atom. The number of nitriles is 1. The van der Waals surface area contributed by atoms with E-state index in [1.165, 1.54) is 12.1 Å². The molecule has 11 heteroatoms. The van der Waals surface area contributed by atoms with Crippen LogP contribution in [0.1, 0.15) is 29.5 Å². The van der Waals surface area contributed by atoms with Gasteiger partial charge in [0.2, 0.25) is 0 Å². The van der Waals surface area contributed by atoms with E-state index in [2.05, 4.69) is 5.32 Å². The summed E-state index contributed by atoms with van der Waals surface area (Å²) in [7, 11) is -1.48. The minimum absolute atomic E-state index is 0.0653. The first-order chi connectivity index (χ1) is 18.5. The van der Waals surface area contributed by atoms with Crippen molar-refractivity contribution in [1.82, 2.24) is 4.31 Å². The van der Waals surface area contributed by atoms with Gasteiger partial charge < -0.3 is 10.4 Å². The number of hydrogen-bond donors (Lipinski definition) is 2. The Balaban J connectivity index is 1.57. The average molecular weight is 576 g/mol. The van der Waals surface area contributed by atoms with E-state index in [0.717, 1.165) is 6.07 Å². The predicted octanol–water partition coefficient (Wildman–Crippen LogP) is 5.58. The third-order valence-corrected chi connectivity index (χ3v) is 8.50. The Labute approximate surface area is 231 Å². The van der Waals surface area contributed by atoms with E-state index in [0.29, 0.717) is 47.5 Å². The zero-order chi connectivity index (χ0) is 28.2. The van der Waals surface area contributed by atoms with E-state index in [-0.39, 0.29) is 12.1 Å². The second-order valence-electron chi connectivity index (χ2n) is 9.32. The van der Waals surface area contributed by atoms with Gasteiger partial charge in [-0.3, -0.25) is 4.79 Å². The molecule has 1 aliphatic rings. The number of nitrogens with zero attached hydrogens (tertiary/aromatic N) is 2. The number of halogens is 4. The van der Waals surface area contributed by atoms with Gasteiger partial charge in [0.05, 0.1) is 22.1 Å². The summed E-state index contributed by atoms with van der Waals surface area (Å²) in [5, 5.41) is 23.8. The molecule has 6 nitrogen and oxygen atoms in total. The lowest BCUT2D eigenvalue weighted by molar-refractivity contribution is -0.142. The number of benzene rings is 3. The van der Waals surface area contributed by atoms with Crippen LogP contribution in [0.25, 0.3) is 0 Å². The van der Waals surface area contributed by atoms with Gasteiger partial charge in [-0.15, -0.1) is 0 Å². The van der Waals surface area contributed by atoms with Crippen LogP contribution in [0.2, 0.25) is 5.02 Å². The first-order valence-electron chi connectivity index (χ1n) is 12.1. The molecule has 1 aliphatic heterocycles. The molecule has 1 amide bonds. The molecule has 1 saturated heterocycles. The van der Waals surface area contributed by atoms with E-state index in [1.807, 2.05) is 0 Å². The monoisotopic (exact) mass is 575 g/mol. The third kappa shape index (κ3) is 6.68. The second-order valence-corrected chi connectivity index (χ2v) is 11.2. The van der Waals surface area contributed by atoms with Crippen molar-refractivity contribution in [3.05, 3.63) is 94.5 Å². The first kappa shape index (κ1) is 28.8. The maximum absolute atomic E-state index is 13.5. The molecule has 2 N–H and O–H groups in total. The summed E-state index contributed by atoms with van der Waals surface area (Å²) in [6.45, 7) is 0.645. The normalized spacial score (nSPS) is 17.1. The first-order valence-corrected chi connectivity index (χ1v) is 13.6. The van der Waals surface area contributed by atoms with Gasteiger partial charge >= 0.3 is 6.18 Å². The SMILES string of the molecule is N#Cc1ccc(NC(=O)C(O)(Cc2ccccc2)C2CCN(S(=O)c3cccc(Cl)c3)CC2)cc1C(F)(F)F. The van der Waals surface area contributed by atoms with E-state index in [9.17, 15) is 27.3 Å². The molecule has 204 valence electrons. The summed E-state index contributed by atoms with van der Waals surface area (Å²) < 4.78 is 55.2. The van der Waals surface area contributed by atoms with Gasteiger partial charge in [-0.05, 0) is 60.7 Å². The Bertz CT molecular complexity index is 1410. The number of hydrogen-bond acceptors (Lipinski definition) is 4. The van der Waals surface area contributed by atoms with E-state index in [4.69, 9.17) is 16.9 Å². The summed E-state index contributed by atoms with van der Waals surface area (Å²) in [6, 6.07) is 19.9. The molecular formula is C28H25ClF3N3O3S. The molecule has 0 aliphatic carbocycles. The number of nitrogens with one attached hydrogen (secondary N) is 1. The summed E-state index contributed by atoms with van der Waals surface area (Å²) >= 11 is 6.03. The van der Waals surface area contributed by atoms with Crippen molar-refractivity contribution in [3.63, 3.8) is 0 Å². The lowest BCUT2D eigenvalue weighted by Crippen LogP contribution is -2.54. The minimum Gasteiger partial charge on any atom is -0.379 e. The molecule has 2 atom stereocenters. The number of carbonyl (C=O) groups excluding carboxylic acids is 1. The number of rotatable bonds is 7. The summed E-state index contributed by atoms with van der Waals surface area (Å²) in [5.74, 6) is -1.41. The number of aliphatic hydroxyl groups is 1. The number of alkyl halides is 3. The van der Waals surface area contributed by atoms with Gasteiger partial charge in [-0.25, -0.2) is 8.51 Å². The van der Waals surface area contributed by atoms with Crippen molar-refractivity contribution < 1.29 is 27.3 Å². The van der Waals surface area contributed by atoms with E-state index >= 15 is 0 Å². The molecule has 4 rings (SSSR count). The lowest BCUT2D eigenvalue weighted by Gasteiger charge is -2.40. The van der Waals surface area contributed by atoms with Crippen LogP contribution in [0, 0.1) is 17.2 Å². The molecule has 3 aromatic carbocycles. The largest absolute Gasteiger partial charge is 0.417 e. The van der Waals surface area contributed by atoms with Crippen LogP contribution in [-0.2, 0) is 28.4 Å². The van der Waals surface area contributed by atoms with Crippen LogP contribution in [0.5, 0.6) is 0 Å². The fraction of sp³-hybridized carbons (Fsp3) is 0.286. The van der Waals surface area contributed by atoms with E-state index < -0.39 is 45.7 Å². The molecule has 0 spiro atoms. The zero-order valence-corrected chi connectivity index (χ0v) is 22.2. The molecule has 0 bridgehead atoms. The van der Waals surface area contributed by atoms with Crippen molar-refractivity contribution in [1.29, 1.82) is 5.26 Å². The number of amides is 1. The summed E-state index contributed by atoms with van der Waals surface area (Å²) in [6.07, 6.45) is -4.21. The van der Waals surface area contributed by atoms with Crippen LogP contribution >= 0.6 is 11.6 Å². The van der Waals surface area contributed by atoms with Gasteiger partial charge in [-0.1, -0.05) is 48.0 Å². The van der Waals surface area contributed by atoms with Gasteiger partial charge in [0.1, 0.15) is 16.6 Å². The predicted molar refractivity (Wildman–Crippen MR) is 142 cm³/mol. The maximum atomic E-state index is 13.5. The molecule has 0 radical (unpaired) electrons. The molecule has 39 heavy (non-hydrogen) atoms. The second kappa shape index (κ2) is 11.9. The lowest BCUT2D eigenvalue weighted by atomic mass is 9.76. The van der Waals surface area contributed by atoms with Crippen molar-refractivity contribution >= 4 is 34.2 Å². The number of piperidine rings is 1. The molecule has 2 unspecified atom stereocenters. The van der Waals surface area contributed by atoms with Gasteiger partial charge in [-0.2, -0.15) is 18.4 Å². The van der Waals surface area contributed by atoms with E-state index in [1.54, 1.807) is 58.9 Å². The Morgan fingerprint density at radius 2 is 1.77 bits per heavy atom. The quantitative estimate of drug-likeness (QED) is 0.385. The smallest absolute Gasteiger partial charge is 0.379 e. The molecule has 1 fully saturated rings. The Kier molecular flexibility index (Phi) is 8.76. The van der Waals surface area contributed by atoms with Crippen LogP contribution < -0.4 is 5.32 Å². The highest BCUT2D eigenvalue weighted by molar-refractivity contribution is 7.82. The molecule has 0 aromatic heterocycles. The fourth-order valence-electron chi connectivity index (χ4n) is 4.73. The summed E-state index contributed by atoms with van der Waals surface area (Å²) in [5.41, 5.74) is -3.21. The van der Waals surface area contributed by atoms with Crippen molar-refractivity contribution in [2.75, 3.05) is 18.4 Å². The Hall–Kier alpha value is -3.23. The highest BCUT2D eigenvalue weighted by atomic mass is 35.5. The van der Waals surface area contributed by atoms with Gasteiger partial charge in [0.25, 0.3) is 5.91 Å². The minimum atomic E-state index is -4.79.